The molecule has 1 heterocycles. The van der Waals surface area contributed by atoms with Crippen molar-refractivity contribution in [2.45, 2.75) is 44.7 Å². The number of fused-ring (bicyclic) bond motifs is 1. The van der Waals surface area contributed by atoms with E-state index in [0.29, 0.717) is 11.6 Å². The standard InChI is InChI=1S/C14H19ClN2/c1-10(2)17-13-8-11(15)4-5-12(13)16-9-14(17)6-3-7-14/h4-5,8,10,16H,3,6-7,9H2,1-2H3. The van der Waals surface area contributed by atoms with Crippen molar-refractivity contribution in [2.75, 3.05) is 16.8 Å². The van der Waals surface area contributed by atoms with Crippen molar-refractivity contribution in [3.63, 3.8) is 0 Å². The lowest BCUT2D eigenvalue weighted by atomic mass is 9.73. The lowest BCUT2D eigenvalue weighted by molar-refractivity contribution is 0.226. The third-order valence-corrected chi connectivity index (χ3v) is 4.37. The van der Waals surface area contributed by atoms with Crippen LogP contribution in [0.1, 0.15) is 33.1 Å². The molecule has 1 aliphatic heterocycles. The first kappa shape index (κ1) is 11.2. The van der Waals surface area contributed by atoms with Gasteiger partial charge in [0.05, 0.1) is 16.9 Å². The Morgan fingerprint density at radius 2 is 2.12 bits per heavy atom. The van der Waals surface area contributed by atoms with Gasteiger partial charge in [0, 0.05) is 17.6 Å². The molecule has 1 aromatic rings. The fraction of sp³-hybridized carbons (Fsp3) is 0.571. The first-order valence-electron chi connectivity index (χ1n) is 6.45. The number of rotatable bonds is 1. The zero-order chi connectivity index (χ0) is 12.0. The highest BCUT2D eigenvalue weighted by Crippen LogP contribution is 2.47. The monoisotopic (exact) mass is 250 g/mol. The maximum atomic E-state index is 6.15. The summed E-state index contributed by atoms with van der Waals surface area (Å²) >= 11 is 6.15. The molecule has 0 unspecified atom stereocenters. The SMILES string of the molecule is CC(C)N1c2cc(Cl)ccc2NCC12CCC2. The molecule has 1 spiro atoms. The molecule has 1 N–H and O–H groups in total. The van der Waals surface area contributed by atoms with Crippen molar-refractivity contribution in [3.8, 4) is 0 Å². The lowest BCUT2D eigenvalue weighted by Gasteiger charge is -2.56. The second-order valence-electron chi connectivity index (χ2n) is 5.56. The molecule has 3 rings (SSSR count). The molecule has 17 heavy (non-hydrogen) atoms. The molecule has 1 aromatic carbocycles. The van der Waals surface area contributed by atoms with Crippen LogP contribution in [0.4, 0.5) is 11.4 Å². The van der Waals surface area contributed by atoms with Gasteiger partial charge >= 0.3 is 0 Å². The molecule has 0 bridgehead atoms. The second kappa shape index (κ2) is 3.81. The Hall–Kier alpha value is -0.890. The minimum absolute atomic E-state index is 0.339. The summed E-state index contributed by atoms with van der Waals surface area (Å²) in [6, 6.07) is 6.68. The van der Waals surface area contributed by atoms with Crippen molar-refractivity contribution in [1.29, 1.82) is 0 Å². The van der Waals surface area contributed by atoms with E-state index in [0.717, 1.165) is 11.6 Å². The molecule has 0 atom stereocenters. The molecule has 0 radical (unpaired) electrons. The summed E-state index contributed by atoms with van der Waals surface area (Å²) in [6.07, 6.45) is 3.94. The zero-order valence-electron chi connectivity index (χ0n) is 10.5. The van der Waals surface area contributed by atoms with Gasteiger partial charge in [-0.3, -0.25) is 0 Å². The summed E-state index contributed by atoms with van der Waals surface area (Å²) in [7, 11) is 0. The van der Waals surface area contributed by atoms with Crippen LogP contribution in [0, 0.1) is 0 Å². The van der Waals surface area contributed by atoms with E-state index in [2.05, 4.69) is 36.2 Å². The van der Waals surface area contributed by atoms with E-state index in [1.807, 2.05) is 6.07 Å². The summed E-state index contributed by atoms with van der Waals surface area (Å²) < 4.78 is 0. The smallest absolute Gasteiger partial charge is 0.0624 e. The fourth-order valence-corrected chi connectivity index (χ4v) is 3.45. The molecule has 3 heteroatoms. The molecular formula is C14H19ClN2. The van der Waals surface area contributed by atoms with Crippen LogP contribution < -0.4 is 10.2 Å². The van der Waals surface area contributed by atoms with Crippen LogP contribution in [0.15, 0.2) is 18.2 Å². The highest BCUT2D eigenvalue weighted by atomic mass is 35.5. The summed E-state index contributed by atoms with van der Waals surface area (Å²) in [6.45, 7) is 5.62. The van der Waals surface area contributed by atoms with Gasteiger partial charge in [-0.15, -0.1) is 0 Å². The van der Waals surface area contributed by atoms with Gasteiger partial charge < -0.3 is 10.2 Å². The number of nitrogens with zero attached hydrogens (tertiary/aromatic N) is 1. The predicted octanol–water partition coefficient (Wildman–Crippen LogP) is 3.90. The zero-order valence-corrected chi connectivity index (χ0v) is 11.2. The number of hydrogen-bond acceptors (Lipinski definition) is 2. The topological polar surface area (TPSA) is 15.3 Å². The van der Waals surface area contributed by atoms with Crippen LogP contribution in [0.5, 0.6) is 0 Å². The molecular weight excluding hydrogens is 232 g/mol. The van der Waals surface area contributed by atoms with Crippen molar-refractivity contribution in [1.82, 2.24) is 0 Å². The van der Waals surface area contributed by atoms with Gasteiger partial charge in [-0.05, 0) is 51.3 Å². The van der Waals surface area contributed by atoms with Crippen LogP contribution in [0.3, 0.4) is 0 Å². The first-order valence-corrected chi connectivity index (χ1v) is 6.83. The van der Waals surface area contributed by atoms with E-state index in [1.165, 1.54) is 30.6 Å². The molecule has 0 saturated heterocycles. The predicted molar refractivity (Wildman–Crippen MR) is 74.1 cm³/mol. The Bertz CT molecular complexity index is 438. The molecule has 0 amide bonds. The lowest BCUT2D eigenvalue weighted by Crippen LogP contribution is -2.62. The molecule has 2 nitrogen and oxygen atoms in total. The van der Waals surface area contributed by atoms with Gasteiger partial charge in [-0.1, -0.05) is 11.6 Å². The molecule has 1 aliphatic carbocycles. The average molecular weight is 251 g/mol. The molecule has 1 saturated carbocycles. The van der Waals surface area contributed by atoms with Crippen molar-refractivity contribution >= 4 is 23.0 Å². The average Bonchev–Trinajstić information content (AvgIpc) is 2.24. The first-order chi connectivity index (χ1) is 8.12. The molecule has 1 fully saturated rings. The number of halogens is 1. The number of benzene rings is 1. The summed E-state index contributed by atoms with van der Waals surface area (Å²) in [5.41, 5.74) is 2.84. The Labute approximate surface area is 108 Å². The van der Waals surface area contributed by atoms with Gasteiger partial charge in [-0.2, -0.15) is 0 Å². The number of nitrogens with one attached hydrogen (secondary N) is 1. The van der Waals surface area contributed by atoms with Crippen molar-refractivity contribution in [3.05, 3.63) is 23.2 Å². The molecule has 2 aliphatic rings. The van der Waals surface area contributed by atoms with Crippen LogP contribution >= 0.6 is 11.6 Å². The minimum Gasteiger partial charge on any atom is -0.381 e. The Kier molecular flexibility index (Phi) is 2.51. The second-order valence-corrected chi connectivity index (χ2v) is 5.99. The fourth-order valence-electron chi connectivity index (χ4n) is 3.28. The Balaban J connectivity index is 2.08. The third-order valence-electron chi connectivity index (χ3n) is 4.14. The van der Waals surface area contributed by atoms with Crippen molar-refractivity contribution in [2.24, 2.45) is 0 Å². The van der Waals surface area contributed by atoms with Gasteiger partial charge in [0.15, 0.2) is 0 Å². The van der Waals surface area contributed by atoms with E-state index >= 15 is 0 Å². The molecule has 92 valence electrons. The van der Waals surface area contributed by atoms with E-state index in [4.69, 9.17) is 11.6 Å². The van der Waals surface area contributed by atoms with E-state index in [-0.39, 0.29) is 0 Å². The van der Waals surface area contributed by atoms with Crippen LogP contribution in [-0.2, 0) is 0 Å². The van der Waals surface area contributed by atoms with Gasteiger partial charge in [0.1, 0.15) is 0 Å². The Morgan fingerprint density at radius 1 is 1.35 bits per heavy atom. The minimum atomic E-state index is 0.339. The van der Waals surface area contributed by atoms with Crippen LogP contribution in [0.2, 0.25) is 5.02 Å². The van der Waals surface area contributed by atoms with Crippen molar-refractivity contribution < 1.29 is 0 Å². The maximum absolute atomic E-state index is 6.15. The number of anilines is 2. The van der Waals surface area contributed by atoms with E-state index in [9.17, 15) is 0 Å². The number of hydrogen-bond donors (Lipinski definition) is 1. The summed E-state index contributed by atoms with van der Waals surface area (Å²) in [5.74, 6) is 0. The van der Waals surface area contributed by atoms with Crippen LogP contribution in [-0.4, -0.2) is 18.1 Å². The van der Waals surface area contributed by atoms with Gasteiger partial charge in [0.25, 0.3) is 0 Å². The van der Waals surface area contributed by atoms with Gasteiger partial charge in [0.2, 0.25) is 0 Å². The van der Waals surface area contributed by atoms with Gasteiger partial charge in [-0.25, -0.2) is 0 Å². The molecule has 0 aromatic heterocycles. The highest BCUT2D eigenvalue weighted by Gasteiger charge is 2.46. The third kappa shape index (κ3) is 1.61. The van der Waals surface area contributed by atoms with E-state index < -0.39 is 0 Å². The Morgan fingerprint density at radius 3 is 2.71 bits per heavy atom. The summed E-state index contributed by atoms with van der Waals surface area (Å²) in [5, 5.41) is 4.39. The highest BCUT2D eigenvalue weighted by molar-refractivity contribution is 6.31. The normalized spacial score (nSPS) is 21.1. The van der Waals surface area contributed by atoms with Crippen LogP contribution in [0.25, 0.3) is 0 Å². The quantitative estimate of drug-likeness (QED) is 0.813. The largest absolute Gasteiger partial charge is 0.381 e. The maximum Gasteiger partial charge on any atom is 0.0624 e. The van der Waals surface area contributed by atoms with E-state index in [1.54, 1.807) is 0 Å². The summed E-state index contributed by atoms with van der Waals surface area (Å²) in [4.78, 5) is 2.58.